The Morgan fingerprint density at radius 3 is 2.39 bits per heavy atom. The third-order valence-electron chi connectivity index (χ3n) is 5.88. The van der Waals surface area contributed by atoms with Gasteiger partial charge in [-0.1, -0.05) is 6.07 Å². The third-order valence-corrected chi connectivity index (χ3v) is 7.77. The molecule has 2 heterocycles. The van der Waals surface area contributed by atoms with E-state index in [-0.39, 0.29) is 0 Å². The second kappa shape index (κ2) is 8.45. The smallest absolute Gasteiger partial charge is 0.336 e. The number of piperazine rings is 1. The molecule has 0 bridgehead atoms. The van der Waals surface area contributed by atoms with Gasteiger partial charge in [0.15, 0.2) is 0 Å². The second-order valence-corrected chi connectivity index (χ2v) is 9.82. The molecular weight excluding hydrogens is 416 g/mol. The highest BCUT2D eigenvalue weighted by Crippen LogP contribution is 2.25. The predicted octanol–water partition coefficient (Wildman–Crippen LogP) is 2.92. The summed E-state index contributed by atoms with van der Waals surface area (Å²) in [7, 11) is -1.95. The average molecular weight is 443 g/mol. The Bertz CT molecular complexity index is 1270. The number of hydrogen-bond acceptors (Lipinski definition) is 6. The highest BCUT2D eigenvalue weighted by Gasteiger charge is 2.29. The summed E-state index contributed by atoms with van der Waals surface area (Å²) in [6, 6.07) is 12.2. The van der Waals surface area contributed by atoms with Crippen molar-refractivity contribution in [2.75, 3.05) is 33.3 Å². The molecular formula is C23H26N2O5S. The predicted molar refractivity (Wildman–Crippen MR) is 119 cm³/mol. The van der Waals surface area contributed by atoms with Gasteiger partial charge in [-0.3, -0.25) is 4.90 Å². The van der Waals surface area contributed by atoms with Gasteiger partial charge < -0.3 is 9.15 Å². The Balaban J connectivity index is 1.49. The number of sulfonamides is 1. The molecule has 1 aliphatic heterocycles. The SMILES string of the molecule is COc1ccc2c(CN3CCN(S(=O)(=O)c4ccc(C)c(C)c4)CC3)cc(=O)oc2c1. The maximum Gasteiger partial charge on any atom is 0.336 e. The number of hydrogen-bond donors (Lipinski definition) is 0. The molecule has 0 unspecified atom stereocenters. The molecule has 4 rings (SSSR count). The Morgan fingerprint density at radius 2 is 1.71 bits per heavy atom. The van der Waals surface area contributed by atoms with Gasteiger partial charge in [0.05, 0.1) is 12.0 Å². The Kier molecular flexibility index (Phi) is 5.88. The molecule has 1 aliphatic rings. The first-order chi connectivity index (χ1) is 14.8. The standard InChI is InChI=1S/C23H26N2O5S/c1-16-4-6-20(12-17(16)2)31(27,28)25-10-8-24(9-11-25)15-18-13-23(26)30-22-14-19(29-3)5-7-21(18)22/h4-7,12-14H,8-11,15H2,1-3H3. The van der Waals surface area contributed by atoms with Gasteiger partial charge in [-0.25, -0.2) is 13.2 Å². The molecule has 0 N–H and O–H groups in total. The molecule has 0 aliphatic carbocycles. The van der Waals surface area contributed by atoms with Gasteiger partial charge in [0.25, 0.3) is 0 Å². The lowest BCUT2D eigenvalue weighted by Gasteiger charge is -2.34. The number of methoxy groups -OCH3 is 1. The van der Waals surface area contributed by atoms with Crippen LogP contribution in [0.25, 0.3) is 11.0 Å². The van der Waals surface area contributed by atoms with E-state index in [1.54, 1.807) is 25.3 Å². The van der Waals surface area contributed by atoms with E-state index in [4.69, 9.17) is 9.15 Å². The van der Waals surface area contributed by atoms with E-state index in [9.17, 15) is 13.2 Å². The fraction of sp³-hybridized carbons (Fsp3) is 0.348. The van der Waals surface area contributed by atoms with Crippen molar-refractivity contribution in [1.29, 1.82) is 0 Å². The van der Waals surface area contributed by atoms with Crippen molar-refractivity contribution in [3.05, 3.63) is 69.6 Å². The first kappa shape index (κ1) is 21.5. The van der Waals surface area contributed by atoms with Crippen LogP contribution in [0.4, 0.5) is 0 Å². The molecule has 0 amide bonds. The molecule has 1 saturated heterocycles. The summed E-state index contributed by atoms with van der Waals surface area (Å²) in [4.78, 5) is 14.5. The van der Waals surface area contributed by atoms with Crippen LogP contribution >= 0.6 is 0 Å². The summed E-state index contributed by atoms with van der Waals surface area (Å²) in [6.07, 6.45) is 0. The molecule has 8 heteroatoms. The van der Waals surface area contributed by atoms with Gasteiger partial charge in [0, 0.05) is 50.2 Å². The molecule has 2 aromatic carbocycles. The zero-order valence-electron chi connectivity index (χ0n) is 17.9. The van der Waals surface area contributed by atoms with Gasteiger partial charge in [-0.15, -0.1) is 0 Å². The van der Waals surface area contributed by atoms with E-state index in [2.05, 4.69) is 4.90 Å². The minimum absolute atomic E-state index is 0.338. The van der Waals surface area contributed by atoms with Crippen LogP contribution in [0, 0.1) is 13.8 Å². The van der Waals surface area contributed by atoms with Crippen molar-refractivity contribution < 1.29 is 17.6 Å². The fourth-order valence-corrected chi connectivity index (χ4v) is 5.37. The number of aryl methyl sites for hydroxylation is 2. The molecule has 0 spiro atoms. The minimum atomic E-state index is -3.52. The Hall–Kier alpha value is -2.68. The summed E-state index contributed by atoms with van der Waals surface area (Å²) in [6.45, 7) is 6.41. The van der Waals surface area contributed by atoms with Crippen molar-refractivity contribution >= 4 is 21.0 Å². The normalized spacial score (nSPS) is 16.0. The summed E-state index contributed by atoms with van der Waals surface area (Å²) in [5, 5.41) is 0.852. The lowest BCUT2D eigenvalue weighted by atomic mass is 10.1. The average Bonchev–Trinajstić information content (AvgIpc) is 2.75. The van der Waals surface area contributed by atoms with Gasteiger partial charge in [0.1, 0.15) is 11.3 Å². The van der Waals surface area contributed by atoms with E-state index in [1.807, 2.05) is 32.0 Å². The van der Waals surface area contributed by atoms with Crippen LogP contribution in [0.2, 0.25) is 0 Å². The van der Waals surface area contributed by atoms with Gasteiger partial charge in [-0.05, 0) is 54.8 Å². The highest BCUT2D eigenvalue weighted by atomic mass is 32.2. The first-order valence-electron chi connectivity index (χ1n) is 10.2. The van der Waals surface area contributed by atoms with Crippen LogP contribution in [-0.2, 0) is 16.6 Å². The van der Waals surface area contributed by atoms with Crippen LogP contribution in [0.15, 0.2) is 56.6 Å². The monoisotopic (exact) mass is 442 g/mol. The molecule has 0 saturated carbocycles. The van der Waals surface area contributed by atoms with E-state index < -0.39 is 15.6 Å². The number of fused-ring (bicyclic) bond motifs is 1. The number of benzene rings is 2. The maximum absolute atomic E-state index is 13.0. The summed E-state index contributed by atoms with van der Waals surface area (Å²) in [5.41, 5.74) is 2.97. The van der Waals surface area contributed by atoms with Gasteiger partial charge in [0.2, 0.25) is 10.0 Å². The maximum atomic E-state index is 13.0. The van der Waals surface area contributed by atoms with Crippen molar-refractivity contribution in [3.8, 4) is 5.75 Å². The first-order valence-corrected chi connectivity index (χ1v) is 11.6. The fourth-order valence-electron chi connectivity index (χ4n) is 3.86. The summed E-state index contributed by atoms with van der Waals surface area (Å²) < 4.78 is 38.1. The van der Waals surface area contributed by atoms with Crippen molar-refractivity contribution in [3.63, 3.8) is 0 Å². The van der Waals surface area contributed by atoms with Crippen molar-refractivity contribution in [2.45, 2.75) is 25.3 Å². The topological polar surface area (TPSA) is 80.1 Å². The molecule has 3 aromatic rings. The molecule has 0 atom stereocenters. The largest absolute Gasteiger partial charge is 0.497 e. The van der Waals surface area contributed by atoms with Crippen LogP contribution < -0.4 is 10.4 Å². The lowest BCUT2D eigenvalue weighted by Crippen LogP contribution is -2.48. The minimum Gasteiger partial charge on any atom is -0.497 e. The zero-order valence-corrected chi connectivity index (χ0v) is 18.7. The number of ether oxygens (including phenoxy) is 1. The van der Waals surface area contributed by atoms with Crippen LogP contribution in [-0.4, -0.2) is 50.9 Å². The van der Waals surface area contributed by atoms with E-state index in [1.165, 1.54) is 10.4 Å². The van der Waals surface area contributed by atoms with Gasteiger partial charge >= 0.3 is 5.63 Å². The second-order valence-electron chi connectivity index (χ2n) is 7.88. The summed E-state index contributed by atoms with van der Waals surface area (Å²) in [5.74, 6) is 0.623. The van der Waals surface area contributed by atoms with E-state index in [0.29, 0.717) is 49.0 Å². The number of rotatable bonds is 5. The molecule has 164 valence electrons. The third kappa shape index (κ3) is 4.37. The van der Waals surface area contributed by atoms with Crippen molar-refractivity contribution in [2.24, 2.45) is 0 Å². The lowest BCUT2D eigenvalue weighted by molar-refractivity contribution is 0.182. The molecule has 31 heavy (non-hydrogen) atoms. The highest BCUT2D eigenvalue weighted by molar-refractivity contribution is 7.89. The Labute approximate surface area is 181 Å². The van der Waals surface area contributed by atoms with Crippen LogP contribution in [0.5, 0.6) is 5.75 Å². The molecule has 1 aromatic heterocycles. The molecule has 7 nitrogen and oxygen atoms in total. The van der Waals surface area contributed by atoms with Crippen molar-refractivity contribution in [1.82, 2.24) is 9.21 Å². The summed E-state index contributed by atoms with van der Waals surface area (Å²) >= 11 is 0. The molecule has 0 radical (unpaired) electrons. The zero-order chi connectivity index (χ0) is 22.2. The quantitative estimate of drug-likeness (QED) is 0.566. The van der Waals surface area contributed by atoms with Gasteiger partial charge in [-0.2, -0.15) is 4.31 Å². The Morgan fingerprint density at radius 1 is 0.968 bits per heavy atom. The van der Waals surface area contributed by atoms with E-state index in [0.717, 1.165) is 22.1 Å². The van der Waals surface area contributed by atoms with Crippen LogP contribution in [0.1, 0.15) is 16.7 Å². The molecule has 1 fully saturated rings. The number of nitrogens with zero attached hydrogens (tertiary/aromatic N) is 2. The van der Waals surface area contributed by atoms with E-state index >= 15 is 0 Å². The van der Waals surface area contributed by atoms with Crippen LogP contribution in [0.3, 0.4) is 0 Å².